The van der Waals surface area contributed by atoms with Gasteiger partial charge in [0, 0.05) is 16.6 Å². The Balaban J connectivity index is 1.91. The minimum atomic E-state index is 0.170. The third kappa shape index (κ3) is 4.60. The molecule has 0 spiro atoms. The number of anilines is 1. The molecule has 0 atom stereocenters. The number of benzene rings is 1. The predicted molar refractivity (Wildman–Crippen MR) is 95.7 cm³/mol. The molecule has 1 aromatic carbocycles. The molecule has 0 aliphatic heterocycles. The van der Waals surface area contributed by atoms with Crippen LogP contribution in [0.4, 0.5) is 5.69 Å². The highest BCUT2D eigenvalue weighted by Gasteiger charge is 2.22. The molecular weight excluding hydrogens is 325 g/mol. The minimum absolute atomic E-state index is 0.170. The summed E-state index contributed by atoms with van der Waals surface area (Å²) in [4.78, 5) is 12.3. The van der Waals surface area contributed by atoms with Crippen molar-refractivity contribution in [3.05, 3.63) is 27.7 Å². The van der Waals surface area contributed by atoms with Crippen molar-refractivity contribution in [3.8, 4) is 0 Å². The molecule has 114 valence electrons. The monoisotopic (exact) mass is 349 g/mol. The van der Waals surface area contributed by atoms with Crippen molar-refractivity contribution >= 4 is 35.4 Å². The molecule has 2 nitrogen and oxygen atoms in total. The molecule has 1 N–H and O–H groups in total. The van der Waals surface area contributed by atoms with Crippen LogP contribution in [0.15, 0.2) is 16.6 Å². The molecule has 0 bridgehead atoms. The molecule has 1 fully saturated rings. The largest absolute Gasteiger partial charge is 0.326 e. The Labute approximate surface area is 137 Å². The summed E-state index contributed by atoms with van der Waals surface area (Å²) in [5, 5.41) is 3.12. The maximum Gasteiger partial charge on any atom is 0.224 e. The van der Waals surface area contributed by atoms with Crippen LogP contribution in [-0.4, -0.2) is 13.8 Å². The Hall–Kier alpha value is -0.765. The molecular formula is C17H25BBrNO. The highest BCUT2D eigenvalue weighted by molar-refractivity contribution is 9.10. The van der Waals surface area contributed by atoms with Crippen molar-refractivity contribution in [1.82, 2.24) is 0 Å². The minimum Gasteiger partial charge on any atom is -0.326 e. The van der Waals surface area contributed by atoms with Crippen LogP contribution in [0.25, 0.3) is 0 Å². The van der Waals surface area contributed by atoms with Crippen LogP contribution >= 0.6 is 15.9 Å². The lowest BCUT2D eigenvalue weighted by atomic mass is 9.75. The topological polar surface area (TPSA) is 29.1 Å². The smallest absolute Gasteiger partial charge is 0.224 e. The summed E-state index contributed by atoms with van der Waals surface area (Å²) in [6, 6.07) is 4.10. The average molecular weight is 350 g/mol. The van der Waals surface area contributed by atoms with Crippen molar-refractivity contribution in [2.24, 2.45) is 11.8 Å². The van der Waals surface area contributed by atoms with Crippen molar-refractivity contribution in [2.75, 3.05) is 5.32 Å². The standard InChI is InChI=1S/C17H25BBrNO/c1-11-7-15(19)8-12(2)17(11)20-16(21)9-13-3-5-14(10-18)6-4-13/h7-8,13-14H,3-6,9-10,18H2,1-2H3,(H,20,21). The summed E-state index contributed by atoms with van der Waals surface area (Å²) >= 11 is 3.49. The van der Waals surface area contributed by atoms with Gasteiger partial charge in [-0.05, 0) is 61.8 Å². The number of carbonyl (C=O) groups excluding carboxylic acids is 1. The van der Waals surface area contributed by atoms with Crippen LogP contribution in [0.3, 0.4) is 0 Å². The van der Waals surface area contributed by atoms with E-state index < -0.39 is 0 Å². The van der Waals surface area contributed by atoms with Gasteiger partial charge in [0.05, 0.1) is 0 Å². The summed E-state index contributed by atoms with van der Waals surface area (Å²) < 4.78 is 1.06. The number of nitrogens with one attached hydrogen (secondary N) is 1. The maximum atomic E-state index is 12.3. The van der Waals surface area contributed by atoms with E-state index in [2.05, 4.69) is 41.2 Å². The third-order valence-corrected chi connectivity index (χ3v) is 5.24. The van der Waals surface area contributed by atoms with Gasteiger partial charge in [-0.15, -0.1) is 0 Å². The predicted octanol–water partition coefficient (Wildman–Crippen LogP) is 4.25. The Kier molecular flexibility index (Phi) is 5.92. The SMILES string of the molecule is BCC1CCC(CC(=O)Nc2c(C)cc(Br)cc2C)CC1. The number of aryl methyl sites for hydroxylation is 2. The van der Waals surface area contributed by atoms with E-state index >= 15 is 0 Å². The lowest BCUT2D eigenvalue weighted by molar-refractivity contribution is -0.117. The number of rotatable bonds is 4. The summed E-state index contributed by atoms with van der Waals surface area (Å²) in [5.74, 6) is 1.63. The van der Waals surface area contributed by atoms with E-state index in [4.69, 9.17) is 0 Å². The Morgan fingerprint density at radius 2 is 1.71 bits per heavy atom. The number of amides is 1. The van der Waals surface area contributed by atoms with Gasteiger partial charge in [0.25, 0.3) is 0 Å². The Morgan fingerprint density at radius 3 is 2.24 bits per heavy atom. The second-order valence-corrected chi connectivity index (χ2v) is 7.38. The summed E-state index contributed by atoms with van der Waals surface area (Å²) in [7, 11) is 2.27. The number of carbonyl (C=O) groups is 1. The molecule has 1 aromatic rings. The molecule has 0 radical (unpaired) electrons. The second kappa shape index (κ2) is 7.48. The molecule has 21 heavy (non-hydrogen) atoms. The first-order valence-corrected chi connectivity index (χ1v) is 8.85. The fourth-order valence-corrected chi connectivity index (χ4v) is 4.09. The van der Waals surface area contributed by atoms with Gasteiger partial charge in [-0.3, -0.25) is 4.79 Å². The quantitative estimate of drug-likeness (QED) is 0.809. The molecule has 1 aliphatic rings. The summed E-state index contributed by atoms with van der Waals surface area (Å²) in [5.41, 5.74) is 3.21. The van der Waals surface area contributed by atoms with Gasteiger partial charge < -0.3 is 5.32 Å². The molecule has 2 rings (SSSR count). The summed E-state index contributed by atoms with van der Waals surface area (Å²) in [6.07, 6.45) is 6.98. The van der Waals surface area contributed by atoms with Gasteiger partial charge in [0.15, 0.2) is 0 Å². The van der Waals surface area contributed by atoms with E-state index in [0.717, 1.165) is 27.2 Å². The maximum absolute atomic E-state index is 12.3. The van der Waals surface area contributed by atoms with Gasteiger partial charge in [-0.1, -0.05) is 35.1 Å². The zero-order chi connectivity index (χ0) is 15.4. The van der Waals surface area contributed by atoms with Gasteiger partial charge in [0.1, 0.15) is 7.85 Å². The van der Waals surface area contributed by atoms with E-state index in [1.54, 1.807) is 0 Å². The Bertz CT molecular complexity index is 487. The first kappa shape index (κ1) is 16.6. The molecule has 0 saturated heterocycles. The molecule has 4 heteroatoms. The zero-order valence-corrected chi connectivity index (χ0v) is 14.9. The van der Waals surface area contributed by atoms with Gasteiger partial charge in [0.2, 0.25) is 5.91 Å². The highest BCUT2D eigenvalue weighted by atomic mass is 79.9. The normalized spacial score (nSPS) is 22.0. The van der Waals surface area contributed by atoms with Crippen LogP contribution in [0.1, 0.15) is 43.2 Å². The average Bonchev–Trinajstić information content (AvgIpc) is 2.43. The molecule has 0 aromatic heterocycles. The fraction of sp³-hybridized carbons (Fsp3) is 0.588. The molecule has 0 heterocycles. The van der Waals surface area contributed by atoms with Crippen molar-refractivity contribution in [3.63, 3.8) is 0 Å². The zero-order valence-electron chi connectivity index (χ0n) is 13.3. The van der Waals surface area contributed by atoms with Crippen molar-refractivity contribution < 1.29 is 4.79 Å². The van der Waals surface area contributed by atoms with Crippen LogP contribution in [0.2, 0.25) is 6.32 Å². The van der Waals surface area contributed by atoms with Crippen LogP contribution in [0, 0.1) is 25.7 Å². The van der Waals surface area contributed by atoms with Gasteiger partial charge >= 0.3 is 0 Å². The Morgan fingerprint density at radius 1 is 1.19 bits per heavy atom. The third-order valence-electron chi connectivity index (χ3n) is 4.78. The molecule has 1 saturated carbocycles. The first-order chi connectivity index (χ1) is 9.99. The van der Waals surface area contributed by atoms with Crippen LogP contribution < -0.4 is 5.32 Å². The molecule has 1 amide bonds. The molecule has 1 aliphatic carbocycles. The second-order valence-electron chi connectivity index (χ2n) is 6.46. The fourth-order valence-electron chi connectivity index (χ4n) is 3.40. The summed E-state index contributed by atoms with van der Waals surface area (Å²) in [6.45, 7) is 4.08. The number of halogens is 1. The van der Waals surface area contributed by atoms with Crippen LogP contribution in [0.5, 0.6) is 0 Å². The van der Waals surface area contributed by atoms with E-state index in [-0.39, 0.29) is 5.91 Å². The number of hydrogen-bond acceptors (Lipinski definition) is 1. The van der Waals surface area contributed by atoms with Gasteiger partial charge in [-0.25, -0.2) is 0 Å². The van der Waals surface area contributed by atoms with E-state index in [0.29, 0.717) is 12.3 Å². The van der Waals surface area contributed by atoms with E-state index in [1.807, 2.05) is 13.8 Å². The first-order valence-electron chi connectivity index (χ1n) is 8.06. The highest BCUT2D eigenvalue weighted by Crippen LogP contribution is 2.33. The van der Waals surface area contributed by atoms with Crippen molar-refractivity contribution in [1.29, 1.82) is 0 Å². The van der Waals surface area contributed by atoms with Crippen molar-refractivity contribution in [2.45, 2.75) is 52.3 Å². The molecule has 0 unspecified atom stereocenters. The lowest BCUT2D eigenvalue weighted by Crippen LogP contribution is -2.21. The van der Waals surface area contributed by atoms with E-state index in [9.17, 15) is 4.79 Å². The number of hydrogen-bond donors (Lipinski definition) is 1. The van der Waals surface area contributed by atoms with Crippen LogP contribution in [-0.2, 0) is 4.79 Å². The van der Waals surface area contributed by atoms with E-state index in [1.165, 1.54) is 32.0 Å². The van der Waals surface area contributed by atoms with Gasteiger partial charge in [-0.2, -0.15) is 0 Å². The lowest BCUT2D eigenvalue weighted by Gasteiger charge is -2.27.